The van der Waals surface area contributed by atoms with Gasteiger partial charge in [0.25, 0.3) is 0 Å². The van der Waals surface area contributed by atoms with Crippen LogP contribution in [0.4, 0.5) is 0 Å². The van der Waals surface area contributed by atoms with E-state index in [9.17, 15) is 13.2 Å². The van der Waals surface area contributed by atoms with Crippen molar-refractivity contribution >= 4 is 15.9 Å². The topological polar surface area (TPSA) is 75.7 Å². The van der Waals surface area contributed by atoms with Crippen molar-refractivity contribution < 1.29 is 17.9 Å². The highest BCUT2D eigenvalue weighted by Crippen LogP contribution is 1.97. The van der Waals surface area contributed by atoms with Gasteiger partial charge in [0.05, 0.1) is 19.4 Å². The van der Waals surface area contributed by atoms with Gasteiger partial charge in [-0.05, 0) is 0 Å². The van der Waals surface area contributed by atoms with Crippen molar-refractivity contribution in [2.24, 2.45) is 0 Å². The molecule has 0 rings (SSSR count). The summed E-state index contributed by atoms with van der Waals surface area (Å²) < 4.78 is 28.5. The number of nitrogens with zero attached hydrogens (tertiary/aromatic N) is 1. The maximum atomic E-state index is 11.3. The van der Waals surface area contributed by atoms with E-state index in [4.69, 9.17) is 4.74 Å². The predicted molar refractivity (Wildman–Crippen MR) is 61.5 cm³/mol. The van der Waals surface area contributed by atoms with Crippen LogP contribution in [-0.2, 0) is 19.6 Å². The molecule has 0 spiro atoms. The molecule has 0 heterocycles. The Balaban J connectivity index is 4.31. The predicted octanol–water partition coefficient (Wildman–Crippen LogP) is -0.803. The van der Waals surface area contributed by atoms with E-state index >= 15 is 0 Å². The summed E-state index contributed by atoms with van der Waals surface area (Å²) in [7, 11) is -1.92. The molecular formula is C9H18N2O4S. The molecule has 0 saturated heterocycles. The zero-order valence-electron chi connectivity index (χ0n) is 9.60. The summed E-state index contributed by atoms with van der Waals surface area (Å²) in [6, 6.07) is 0. The van der Waals surface area contributed by atoms with Gasteiger partial charge in [-0.3, -0.25) is 4.79 Å². The van der Waals surface area contributed by atoms with Gasteiger partial charge in [-0.15, -0.1) is 6.58 Å². The average molecular weight is 250 g/mol. The molecule has 0 saturated carbocycles. The molecule has 1 N–H and O–H groups in total. The second-order valence-electron chi connectivity index (χ2n) is 3.18. The summed E-state index contributed by atoms with van der Waals surface area (Å²) in [4.78, 5) is 11.3. The van der Waals surface area contributed by atoms with Crippen LogP contribution in [0.1, 0.15) is 0 Å². The molecule has 0 aromatic heterocycles. The van der Waals surface area contributed by atoms with Crippen molar-refractivity contribution in [2.75, 3.05) is 39.6 Å². The molecule has 94 valence electrons. The Kier molecular flexibility index (Phi) is 6.95. The lowest BCUT2D eigenvalue weighted by molar-refractivity contribution is -0.121. The monoisotopic (exact) mass is 250 g/mol. The van der Waals surface area contributed by atoms with Gasteiger partial charge in [-0.1, -0.05) is 6.08 Å². The minimum absolute atomic E-state index is 0.164. The first-order valence-corrected chi connectivity index (χ1v) is 6.58. The summed E-state index contributed by atoms with van der Waals surface area (Å²) in [6.45, 7) is 3.98. The highest BCUT2D eigenvalue weighted by atomic mass is 32.2. The van der Waals surface area contributed by atoms with Gasteiger partial charge < -0.3 is 10.1 Å². The van der Waals surface area contributed by atoms with Crippen molar-refractivity contribution in [2.45, 2.75) is 0 Å². The summed E-state index contributed by atoms with van der Waals surface area (Å²) >= 11 is 0. The van der Waals surface area contributed by atoms with E-state index in [0.29, 0.717) is 6.54 Å². The van der Waals surface area contributed by atoms with Crippen molar-refractivity contribution in [1.82, 2.24) is 9.62 Å². The quantitative estimate of drug-likeness (QED) is 0.572. The van der Waals surface area contributed by atoms with Crippen molar-refractivity contribution in [3.63, 3.8) is 0 Å². The molecule has 7 heteroatoms. The molecular weight excluding hydrogens is 232 g/mol. The molecule has 1 amide bonds. The molecule has 0 aliphatic rings. The normalized spacial score (nSPS) is 11.4. The average Bonchev–Trinajstić information content (AvgIpc) is 2.19. The van der Waals surface area contributed by atoms with E-state index in [-0.39, 0.29) is 25.6 Å². The largest absolute Gasteiger partial charge is 0.383 e. The number of nitrogens with one attached hydrogen (secondary N) is 1. The molecule has 6 nitrogen and oxygen atoms in total. The van der Waals surface area contributed by atoms with Gasteiger partial charge in [-0.2, -0.15) is 4.31 Å². The van der Waals surface area contributed by atoms with Gasteiger partial charge in [0.2, 0.25) is 15.9 Å². The number of rotatable bonds is 8. The van der Waals surface area contributed by atoms with E-state index in [1.165, 1.54) is 13.2 Å². The molecule has 0 unspecified atom stereocenters. The summed E-state index contributed by atoms with van der Waals surface area (Å²) in [5.41, 5.74) is 0. The summed E-state index contributed by atoms with van der Waals surface area (Å²) in [6.07, 6.45) is 2.58. The zero-order valence-corrected chi connectivity index (χ0v) is 10.4. The van der Waals surface area contributed by atoms with E-state index in [1.54, 1.807) is 0 Å². The van der Waals surface area contributed by atoms with Gasteiger partial charge >= 0.3 is 0 Å². The number of carbonyl (C=O) groups excluding carboxylic acids is 1. The molecule has 0 aromatic carbocycles. The number of methoxy groups -OCH3 is 1. The van der Waals surface area contributed by atoms with Crippen molar-refractivity contribution in [3.8, 4) is 0 Å². The Morgan fingerprint density at radius 3 is 2.62 bits per heavy atom. The van der Waals surface area contributed by atoms with Gasteiger partial charge in [-0.25, -0.2) is 8.42 Å². The molecule has 0 radical (unpaired) electrons. The van der Waals surface area contributed by atoms with Gasteiger partial charge in [0, 0.05) is 20.2 Å². The fourth-order valence-corrected chi connectivity index (χ4v) is 1.72. The zero-order chi connectivity index (χ0) is 12.6. The molecule has 0 aliphatic heterocycles. The molecule has 0 atom stereocenters. The fraction of sp³-hybridized carbons (Fsp3) is 0.667. The summed E-state index contributed by atoms with van der Waals surface area (Å²) in [5, 5.41) is 2.51. The van der Waals surface area contributed by atoms with Crippen LogP contribution in [0, 0.1) is 0 Å². The third kappa shape index (κ3) is 6.54. The Bertz CT molecular complexity index is 326. The number of hydrogen-bond acceptors (Lipinski definition) is 4. The fourth-order valence-electron chi connectivity index (χ4n) is 0.957. The highest BCUT2D eigenvalue weighted by molar-refractivity contribution is 7.88. The van der Waals surface area contributed by atoms with Crippen molar-refractivity contribution in [1.29, 1.82) is 0 Å². The molecule has 0 fully saturated rings. The van der Waals surface area contributed by atoms with Crippen LogP contribution in [0.5, 0.6) is 0 Å². The van der Waals surface area contributed by atoms with E-state index < -0.39 is 10.0 Å². The van der Waals surface area contributed by atoms with Crippen LogP contribution in [0.3, 0.4) is 0 Å². The third-order valence-corrected chi connectivity index (χ3v) is 3.03. The SMILES string of the molecule is C=CCNC(=O)CN(CCOC)S(C)(=O)=O. The highest BCUT2D eigenvalue weighted by Gasteiger charge is 2.19. The molecule has 0 aliphatic carbocycles. The van der Waals surface area contributed by atoms with Crippen LogP contribution >= 0.6 is 0 Å². The molecule has 0 aromatic rings. The van der Waals surface area contributed by atoms with Gasteiger partial charge in [0.15, 0.2) is 0 Å². The standard InChI is InChI=1S/C9H18N2O4S/c1-4-5-10-9(12)8-11(6-7-15-2)16(3,13)14/h4H,1,5-8H2,2-3H3,(H,10,12). The molecule has 0 bridgehead atoms. The second kappa shape index (κ2) is 7.37. The first kappa shape index (κ1) is 15.1. The minimum atomic E-state index is -3.39. The van der Waals surface area contributed by atoms with E-state index in [0.717, 1.165) is 10.6 Å². The lowest BCUT2D eigenvalue weighted by Crippen LogP contribution is -2.41. The maximum Gasteiger partial charge on any atom is 0.235 e. The smallest absolute Gasteiger partial charge is 0.235 e. The number of sulfonamides is 1. The first-order valence-electron chi connectivity index (χ1n) is 4.73. The maximum absolute atomic E-state index is 11.3. The number of hydrogen-bond donors (Lipinski definition) is 1. The van der Waals surface area contributed by atoms with Crippen LogP contribution in [0.15, 0.2) is 12.7 Å². The lowest BCUT2D eigenvalue weighted by atomic mass is 10.5. The van der Waals surface area contributed by atoms with Gasteiger partial charge in [0.1, 0.15) is 0 Å². The number of amides is 1. The lowest BCUT2D eigenvalue weighted by Gasteiger charge is -2.18. The minimum Gasteiger partial charge on any atom is -0.383 e. The van der Waals surface area contributed by atoms with E-state index in [2.05, 4.69) is 11.9 Å². The Morgan fingerprint density at radius 2 is 2.19 bits per heavy atom. The first-order chi connectivity index (χ1) is 7.41. The van der Waals surface area contributed by atoms with Crippen molar-refractivity contribution in [3.05, 3.63) is 12.7 Å². The van der Waals surface area contributed by atoms with Crippen LogP contribution in [-0.4, -0.2) is 58.2 Å². The Hall–Kier alpha value is -0.920. The van der Waals surface area contributed by atoms with Crippen LogP contribution in [0.25, 0.3) is 0 Å². The third-order valence-electron chi connectivity index (χ3n) is 1.78. The van der Waals surface area contributed by atoms with Crippen LogP contribution in [0.2, 0.25) is 0 Å². The second-order valence-corrected chi connectivity index (χ2v) is 5.16. The Morgan fingerprint density at radius 1 is 1.56 bits per heavy atom. The number of ether oxygens (including phenoxy) is 1. The molecule has 16 heavy (non-hydrogen) atoms. The van der Waals surface area contributed by atoms with Crippen LogP contribution < -0.4 is 5.32 Å². The number of carbonyl (C=O) groups is 1. The summed E-state index contributed by atoms with van der Waals surface area (Å²) in [5.74, 6) is -0.360. The Labute approximate surface area is 96.3 Å². The van der Waals surface area contributed by atoms with E-state index in [1.807, 2.05) is 0 Å².